The van der Waals surface area contributed by atoms with E-state index in [1.54, 1.807) is 12.4 Å². The van der Waals surface area contributed by atoms with Gasteiger partial charge in [-0.2, -0.15) is 0 Å². The number of ether oxygens (including phenoxy) is 1. The van der Waals surface area contributed by atoms with E-state index < -0.39 is 0 Å². The maximum Gasteiger partial charge on any atom is 0.138 e. The lowest BCUT2D eigenvalue weighted by Crippen LogP contribution is -2.13. The van der Waals surface area contributed by atoms with Crippen LogP contribution in [0.15, 0.2) is 53.2 Å². The number of hydrogen-bond acceptors (Lipinski definition) is 4. The fourth-order valence-electron chi connectivity index (χ4n) is 2.28. The maximum atomic E-state index is 5.93. The predicted molar refractivity (Wildman–Crippen MR) is 82.2 cm³/mol. The first-order valence-electron chi connectivity index (χ1n) is 7.11. The molecule has 0 saturated carbocycles. The number of fused-ring (bicyclic) bond motifs is 1. The van der Waals surface area contributed by atoms with E-state index in [2.05, 4.69) is 23.3 Å². The largest absolute Gasteiger partial charge is 0.487 e. The van der Waals surface area contributed by atoms with Gasteiger partial charge in [-0.05, 0) is 24.7 Å². The first-order valence-corrected chi connectivity index (χ1v) is 7.11. The SMILES string of the molecule is CCNCc1oc2ccccc2c1COc1cccnc1. The van der Waals surface area contributed by atoms with Gasteiger partial charge in [0.15, 0.2) is 0 Å². The highest BCUT2D eigenvalue weighted by molar-refractivity contribution is 5.82. The van der Waals surface area contributed by atoms with Crippen molar-refractivity contribution in [3.05, 3.63) is 60.1 Å². The molecular weight excluding hydrogens is 264 g/mol. The number of rotatable bonds is 6. The molecule has 0 bridgehead atoms. The number of pyridine rings is 1. The van der Waals surface area contributed by atoms with E-state index >= 15 is 0 Å². The zero-order valence-electron chi connectivity index (χ0n) is 12.0. The standard InChI is InChI=1S/C17H18N2O2/c1-2-18-11-17-15(12-20-13-6-5-9-19-10-13)14-7-3-4-8-16(14)21-17/h3-10,18H,2,11-12H2,1H3. The molecule has 0 saturated heterocycles. The number of furan rings is 1. The van der Waals surface area contributed by atoms with Crippen molar-refractivity contribution in [2.24, 2.45) is 0 Å². The molecule has 0 radical (unpaired) electrons. The highest BCUT2D eigenvalue weighted by atomic mass is 16.5. The summed E-state index contributed by atoms with van der Waals surface area (Å²) in [7, 11) is 0. The second-order valence-corrected chi connectivity index (χ2v) is 4.76. The van der Waals surface area contributed by atoms with Crippen molar-refractivity contribution >= 4 is 11.0 Å². The molecule has 3 rings (SSSR count). The van der Waals surface area contributed by atoms with Crippen molar-refractivity contribution in [3.8, 4) is 5.75 Å². The lowest BCUT2D eigenvalue weighted by atomic mass is 10.1. The van der Waals surface area contributed by atoms with E-state index in [0.717, 1.165) is 34.6 Å². The van der Waals surface area contributed by atoms with Gasteiger partial charge >= 0.3 is 0 Å². The number of nitrogens with zero attached hydrogens (tertiary/aromatic N) is 1. The second kappa shape index (κ2) is 6.41. The quantitative estimate of drug-likeness (QED) is 0.751. The number of aromatic nitrogens is 1. The monoisotopic (exact) mass is 282 g/mol. The van der Waals surface area contributed by atoms with Crippen molar-refractivity contribution < 1.29 is 9.15 Å². The van der Waals surface area contributed by atoms with E-state index in [4.69, 9.17) is 9.15 Å². The van der Waals surface area contributed by atoms with Crippen LogP contribution in [-0.4, -0.2) is 11.5 Å². The molecule has 0 fully saturated rings. The van der Waals surface area contributed by atoms with Gasteiger partial charge in [-0.25, -0.2) is 0 Å². The van der Waals surface area contributed by atoms with Crippen molar-refractivity contribution in [1.82, 2.24) is 10.3 Å². The van der Waals surface area contributed by atoms with Gasteiger partial charge in [0.25, 0.3) is 0 Å². The van der Waals surface area contributed by atoms with Crippen LogP contribution in [0.5, 0.6) is 5.75 Å². The van der Waals surface area contributed by atoms with E-state index in [-0.39, 0.29) is 0 Å². The first kappa shape index (κ1) is 13.6. The zero-order valence-corrected chi connectivity index (χ0v) is 12.0. The Bertz CT molecular complexity index is 707. The molecule has 0 aliphatic heterocycles. The normalized spacial score (nSPS) is 10.9. The van der Waals surface area contributed by atoms with Gasteiger partial charge in [0, 0.05) is 17.1 Å². The summed E-state index contributed by atoms with van der Waals surface area (Å²) in [5.41, 5.74) is 1.99. The Morgan fingerprint density at radius 1 is 1.19 bits per heavy atom. The van der Waals surface area contributed by atoms with Gasteiger partial charge in [0.1, 0.15) is 23.7 Å². The Morgan fingerprint density at radius 2 is 2.10 bits per heavy atom. The third-order valence-electron chi connectivity index (χ3n) is 3.34. The van der Waals surface area contributed by atoms with Crippen LogP contribution in [-0.2, 0) is 13.2 Å². The van der Waals surface area contributed by atoms with E-state index in [1.165, 1.54) is 0 Å². The molecule has 0 aliphatic carbocycles. The summed E-state index contributed by atoms with van der Waals surface area (Å²) in [6.07, 6.45) is 3.45. The van der Waals surface area contributed by atoms with Crippen molar-refractivity contribution in [1.29, 1.82) is 0 Å². The molecule has 4 nitrogen and oxygen atoms in total. The lowest BCUT2D eigenvalue weighted by molar-refractivity contribution is 0.301. The molecule has 0 atom stereocenters. The average Bonchev–Trinajstić information content (AvgIpc) is 2.89. The Morgan fingerprint density at radius 3 is 2.90 bits per heavy atom. The minimum absolute atomic E-state index is 0.476. The molecule has 3 aromatic rings. The van der Waals surface area contributed by atoms with Crippen LogP contribution in [0.2, 0.25) is 0 Å². The molecule has 21 heavy (non-hydrogen) atoms. The molecule has 1 N–H and O–H groups in total. The molecule has 4 heteroatoms. The van der Waals surface area contributed by atoms with Crippen LogP contribution >= 0.6 is 0 Å². The van der Waals surface area contributed by atoms with Crippen molar-refractivity contribution in [2.45, 2.75) is 20.1 Å². The van der Waals surface area contributed by atoms with Crippen LogP contribution in [0.25, 0.3) is 11.0 Å². The molecular formula is C17H18N2O2. The molecule has 0 amide bonds. The average molecular weight is 282 g/mol. The van der Waals surface area contributed by atoms with E-state index in [9.17, 15) is 0 Å². The fraction of sp³-hybridized carbons (Fsp3) is 0.235. The van der Waals surface area contributed by atoms with Crippen LogP contribution in [0, 0.1) is 0 Å². The third kappa shape index (κ3) is 3.06. The van der Waals surface area contributed by atoms with Crippen LogP contribution in [0.1, 0.15) is 18.2 Å². The summed E-state index contributed by atoms with van der Waals surface area (Å²) < 4.78 is 11.8. The van der Waals surface area contributed by atoms with Gasteiger partial charge in [-0.3, -0.25) is 4.98 Å². The summed E-state index contributed by atoms with van der Waals surface area (Å²) in [6, 6.07) is 11.8. The van der Waals surface area contributed by atoms with Crippen LogP contribution in [0.4, 0.5) is 0 Å². The summed E-state index contributed by atoms with van der Waals surface area (Å²) >= 11 is 0. The van der Waals surface area contributed by atoms with Crippen molar-refractivity contribution in [3.63, 3.8) is 0 Å². The molecule has 0 unspecified atom stereocenters. The van der Waals surface area contributed by atoms with E-state index in [0.29, 0.717) is 13.2 Å². The van der Waals surface area contributed by atoms with Gasteiger partial charge in [0.05, 0.1) is 12.7 Å². The smallest absolute Gasteiger partial charge is 0.138 e. The summed E-state index contributed by atoms with van der Waals surface area (Å²) in [4.78, 5) is 4.06. The predicted octanol–water partition coefficient (Wildman–Crippen LogP) is 3.52. The van der Waals surface area contributed by atoms with Crippen molar-refractivity contribution in [2.75, 3.05) is 6.54 Å². The van der Waals surface area contributed by atoms with Gasteiger partial charge in [-0.1, -0.05) is 25.1 Å². The Balaban J connectivity index is 1.87. The number of benzene rings is 1. The lowest BCUT2D eigenvalue weighted by Gasteiger charge is -2.06. The minimum atomic E-state index is 0.476. The Hall–Kier alpha value is -2.33. The van der Waals surface area contributed by atoms with Gasteiger partial charge < -0.3 is 14.5 Å². The van der Waals surface area contributed by atoms with Crippen LogP contribution in [0.3, 0.4) is 0 Å². The number of para-hydroxylation sites is 1. The maximum absolute atomic E-state index is 5.93. The van der Waals surface area contributed by atoms with Crippen LogP contribution < -0.4 is 10.1 Å². The number of nitrogens with one attached hydrogen (secondary N) is 1. The fourth-order valence-corrected chi connectivity index (χ4v) is 2.28. The minimum Gasteiger partial charge on any atom is -0.487 e. The van der Waals surface area contributed by atoms with E-state index in [1.807, 2.05) is 30.3 Å². The first-order chi connectivity index (χ1) is 10.4. The second-order valence-electron chi connectivity index (χ2n) is 4.76. The third-order valence-corrected chi connectivity index (χ3v) is 3.34. The number of hydrogen-bond donors (Lipinski definition) is 1. The molecule has 2 aromatic heterocycles. The van der Waals surface area contributed by atoms with Gasteiger partial charge in [-0.15, -0.1) is 0 Å². The topological polar surface area (TPSA) is 47.3 Å². The Labute approximate surface area is 123 Å². The molecule has 0 spiro atoms. The summed E-state index contributed by atoms with van der Waals surface area (Å²) in [5.74, 6) is 1.69. The molecule has 2 heterocycles. The summed E-state index contributed by atoms with van der Waals surface area (Å²) in [5, 5.41) is 4.41. The highest BCUT2D eigenvalue weighted by Gasteiger charge is 2.14. The summed E-state index contributed by atoms with van der Waals surface area (Å²) in [6.45, 7) is 4.16. The molecule has 0 aliphatic rings. The Kier molecular flexibility index (Phi) is 4.17. The zero-order chi connectivity index (χ0) is 14.5. The van der Waals surface area contributed by atoms with Gasteiger partial charge in [0.2, 0.25) is 0 Å². The highest BCUT2D eigenvalue weighted by Crippen LogP contribution is 2.27. The molecule has 108 valence electrons. The molecule has 1 aromatic carbocycles.